The van der Waals surface area contributed by atoms with Crippen LogP contribution >= 0.6 is 22.9 Å². The number of ether oxygens (including phenoxy) is 1. The van der Waals surface area contributed by atoms with E-state index in [4.69, 9.17) is 27.1 Å². The van der Waals surface area contributed by atoms with Crippen LogP contribution in [0.4, 0.5) is 5.69 Å². The summed E-state index contributed by atoms with van der Waals surface area (Å²) in [7, 11) is 0. The van der Waals surface area contributed by atoms with Crippen LogP contribution in [0.5, 0.6) is 0 Å². The first kappa shape index (κ1) is 16.9. The second-order valence-electron chi connectivity index (χ2n) is 7.85. The van der Waals surface area contributed by atoms with Crippen LogP contribution in [0.1, 0.15) is 32.3 Å². The van der Waals surface area contributed by atoms with Crippen LogP contribution in [0, 0.1) is 5.41 Å². The molecule has 5 rings (SSSR count). The number of halogens is 1. The van der Waals surface area contributed by atoms with Crippen molar-refractivity contribution in [3.8, 4) is 0 Å². The standard InChI is InChI=1S/C18H22ClN5OS/c1-17(2)4-3-10-12(17)11-13-14(15(19)22-9-21-13)26-16(11)23-18(10,20)24-5-7-25-8-6-24/h9H,3-8,20H2,1-2H3,(H,21,22). The smallest absolute Gasteiger partial charge is 0.189 e. The molecule has 1 unspecified atom stereocenters. The number of fused-ring (bicyclic) bond motifs is 4. The number of thiophene rings is 1. The highest BCUT2D eigenvalue weighted by molar-refractivity contribution is 7.08. The number of nitrogens with one attached hydrogen (secondary N) is 1. The highest BCUT2D eigenvalue weighted by Gasteiger charge is 2.49. The second kappa shape index (κ2) is 5.62. The molecule has 1 atom stereocenters. The van der Waals surface area contributed by atoms with Crippen LogP contribution < -0.4 is 20.3 Å². The lowest BCUT2D eigenvalue weighted by molar-refractivity contribution is -0.00706. The van der Waals surface area contributed by atoms with E-state index >= 15 is 0 Å². The summed E-state index contributed by atoms with van der Waals surface area (Å²) in [5.41, 5.74) is 11.8. The fourth-order valence-corrected chi connectivity index (χ4v) is 5.91. The maximum absolute atomic E-state index is 7.01. The largest absolute Gasteiger partial charge is 0.379 e. The van der Waals surface area contributed by atoms with E-state index in [1.165, 1.54) is 16.7 Å². The van der Waals surface area contributed by atoms with E-state index in [0.29, 0.717) is 18.4 Å². The van der Waals surface area contributed by atoms with E-state index in [0.717, 1.165) is 40.8 Å². The molecule has 4 heterocycles. The van der Waals surface area contributed by atoms with E-state index < -0.39 is 5.79 Å². The molecule has 0 aromatic carbocycles. The number of rotatable bonds is 1. The van der Waals surface area contributed by atoms with E-state index in [9.17, 15) is 0 Å². The third-order valence-corrected chi connectivity index (χ3v) is 7.39. The predicted octanol–water partition coefficient (Wildman–Crippen LogP) is 1.66. The molecular weight excluding hydrogens is 370 g/mol. The molecule has 0 amide bonds. The van der Waals surface area contributed by atoms with Gasteiger partial charge in [-0.05, 0) is 29.4 Å². The summed E-state index contributed by atoms with van der Waals surface area (Å²) < 4.78 is 7.44. The Morgan fingerprint density at radius 3 is 2.88 bits per heavy atom. The molecule has 0 spiro atoms. The van der Waals surface area contributed by atoms with Crippen LogP contribution in [0.2, 0.25) is 0 Å². The van der Waals surface area contributed by atoms with Crippen molar-refractivity contribution < 1.29 is 4.74 Å². The lowest BCUT2D eigenvalue weighted by Crippen LogP contribution is -2.61. The van der Waals surface area contributed by atoms with Crippen molar-refractivity contribution >= 4 is 45.7 Å². The van der Waals surface area contributed by atoms with Crippen molar-refractivity contribution in [1.82, 2.24) is 4.90 Å². The Bertz CT molecular complexity index is 972. The number of anilines is 1. The molecule has 1 aliphatic carbocycles. The summed E-state index contributed by atoms with van der Waals surface area (Å²) in [6.07, 6.45) is 3.70. The SMILES string of the molecule is CC1(C)CCC2=C1c1c3c(sc1=NC2(N)N1CCOCC1)=C(Cl)N=CN3. The van der Waals surface area contributed by atoms with E-state index in [1.54, 1.807) is 17.7 Å². The summed E-state index contributed by atoms with van der Waals surface area (Å²) in [5.74, 6) is -0.791. The van der Waals surface area contributed by atoms with Crippen molar-refractivity contribution in [2.75, 3.05) is 31.6 Å². The highest BCUT2D eigenvalue weighted by Crippen LogP contribution is 2.53. The molecule has 1 aromatic rings. The highest BCUT2D eigenvalue weighted by atomic mass is 35.5. The van der Waals surface area contributed by atoms with Crippen molar-refractivity contribution in [3.05, 3.63) is 20.3 Å². The molecule has 3 N–H and O–H groups in total. The molecule has 1 aromatic heterocycles. The molecule has 0 bridgehead atoms. The molecule has 138 valence electrons. The Kier molecular flexibility index (Phi) is 3.65. The average Bonchev–Trinajstić information content (AvgIpc) is 3.14. The van der Waals surface area contributed by atoms with Crippen molar-refractivity contribution in [2.45, 2.75) is 32.5 Å². The Balaban J connectivity index is 1.81. The van der Waals surface area contributed by atoms with Crippen LogP contribution in [-0.4, -0.2) is 43.3 Å². The fourth-order valence-electron chi connectivity index (χ4n) is 4.57. The number of hydrogen-bond donors (Lipinski definition) is 2. The zero-order valence-corrected chi connectivity index (χ0v) is 16.5. The minimum Gasteiger partial charge on any atom is -0.379 e. The maximum Gasteiger partial charge on any atom is 0.189 e. The first-order valence-electron chi connectivity index (χ1n) is 8.99. The number of allylic oxidation sites excluding steroid dienone is 1. The predicted molar refractivity (Wildman–Crippen MR) is 106 cm³/mol. The van der Waals surface area contributed by atoms with Crippen LogP contribution in [0.3, 0.4) is 0 Å². The number of nitrogens with two attached hydrogens (primary N) is 1. The number of aliphatic imine (C=N–C) groups is 1. The third-order valence-electron chi connectivity index (χ3n) is 5.90. The molecular formula is C18H22ClN5OS. The van der Waals surface area contributed by atoms with Gasteiger partial charge in [-0.3, -0.25) is 10.6 Å². The van der Waals surface area contributed by atoms with Gasteiger partial charge in [0, 0.05) is 18.7 Å². The third kappa shape index (κ3) is 2.21. The molecule has 26 heavy (non-hydrogen) atoms. The molecule has 1 saturated heterocycles. The summed E-state index contributed by atoms with van der Waals surface area (Å²) in [6.45, 7) is 7.59. The van der Waals surface area contributed by atoms with Gasteiger partial charge in [-0.15, -0.1) is 11.3 Å². The number of morpholine rings is 1. The first-order chi connectivity index (χ1) is 12.4. The summed E-state index contributed by atoms with van der Waals surface area (Å²) in [6, 6.07) is 0. The van der Waals surface area contributed by atoms with Crippen LogP contribution in [0.15, 0.2) is 15.6 Å². The van der Waals surface area contributed by atoms with E-state index in [2.05, 4.69) is 29.1 Å². The molecule has 1 fully saturated rings. The van der Waals surface area contributed by atoms with Crippen molar-refractivity contribution in [3.63, 3.8) is 0 Å². The van der Waals surface area contributed by atoms with Gasteiger partial charge in [-0.25, -0.2) is 9.98 Å². The zero-order valence-electron chi connectivity index (χ0n) is 14.9. The van der Waals surface area contributed by atoms with Gasteiger partial charge >= 0.3 is 0 Å². The minimum atomic E-state index is -0.791. The lowest BCUT2D eigenvalue weighted by Gasteiger charge is -2.43. The Morgan fingerprint density at radius 1 is 1.35 bits per heavy atom. The lowest BCUT2D eigenvalue weighted by atomic mass is 9.80. The van der Waals surface area contributed by atoms with Gasteiger partial charge in [0.1, 0.15) is 9.83 Å². The van der Waals surface area contributed by atoms with Gasteiger partial charge in [0.2, 0.25) is 0 Å². The van der Waals surface area contributed by atoms with Gasteiger partial charge in [0.25, 0.3) is 0 Å². The molecule has 8 heteroatoms. The van der Waals surface area contributed by atoms with E-state index in [1.807, 2.05) is 0 Å². The van der Waals surface area contributed by atoms with Gasteiger partial charge in [-0.2, -0.15) is 0 Å². The first-order valence-corrected chi connectivity index (χ1v) is 10.2. The maximum atomic E-state index is 7.01. The molecule has 6 nitrogen and oxygen atoms in total. The van der Waals surface area contributed by atoms with Gasteiger partial charge in [0.15, 0.2) is 5.79 Å². The Hall–Kier alpha value is -1.25. The molecule has 3 aliphatic heterocycles. The van der Waals surface area contributed by atoms with E-state index in [-0.39, 0.29) is 5.41 Å². The Morgan fingerprint density at radius 2 is 2.12 bits per heavy atom. The fraction of sp³-hybridized carbons (Fsp3) is 0.556. The minimum absolute atomic E-state index is 0.0501. The topological polar surface area (TPSA) is 75.2 Å². The number of nitrogens with zero attached hydrogens (tertiary/aromatic N) is 3. The number of hydrogen-bond acceptors (Lipinski definition) is 7. The summed E-state index contributed by atoms with van der Waals surface area (Å²) in [4.78, 5) is 11.6. The summed E-state index contributed by atoms with van der Waals surface area (Å²) in [5, 5.41) is 3.82. The monoisotopic (exact) mass is 391 g/mol. The normalized spacial score (nSPS) is 29.8. The van der Waals surface area contributed by atoms with Gasteiger partial charge in [0.05, 0.1) is 29.8 Å². The van der Waals surface area contributed by atoms with Crippen LogP contribution in [0.25, 0.3) is 10.7 Å². The quantitative estimate of drug-likeness (QED) is 0.714. The molecule has 0 saturated carbocycles. The molecule has 4 aliphatic rings. The second-order valence-corrected chi connectivity index (χ2v) is 9.21. The van der Waals surface area contributed by atoms with Crippen molar-refractivity contribution in [2.24, 2.45) is 21.1 Å². The van der Waals surface area contributed by atoms with Crippen molar-refractivity contribution in [1.29, 1.82) is 0 Å². The summed E-state index contributed by atoms with van der Waals surface area (Å²) >= 11 is 7.95. The van der Waals surface area contributed by atoms with Crippen LogP contribution in [-0.2, 0) is 4.74 Å². The average molecular weight is 392 g/mol. The van der Waals surface area contributed by atoms with Gasteiger partial charge in [-0.1, -0.05) is 25.4 Å². The Labute approximate surface area is 161 Å². The van der Waals surface area contributed by atoms with Gasteiger partial charge < -0.3 is 10.1 Å². The zero-order chi connectivity index (χ0) is 18.1. The molecule has 0 radical (unpaired) electrons.